The number of halogens is 2. The van der Waals surface area contributed by atoms with Gasteiger partial charge in [0.2, 0.25) is 0 Å². The Bertz CT molecular complexity index is 704. The fourth-order valence-electron chi connectivity index (χ4n) is 1.46. The maximum atomic E-state index is 13.0. The lowest BCUT2D eigenvalue weighted by Crippen LogP contribution is -1.91. The van der Waals surface area contributed by atoms with Gasteiger partial charge in [-0.2, -0.15) is 0 Å². The second-order valence-electron chi connectivity index (χ2n) is 3.84. The Morgan fingerprint density at radius 3 is 2.35 bits per heavy atom. The Kier molecular flexibility index (Phi) is 4.05. The Balaban J connectivity index is 2.15. The van der Waals surface area contributed by atoms with Gasteiger partial charge in [0.05, 0.1) is 4.88 Å². The molecule has 0 radical (unpaired) electrons. The van der Waals surface area contributed by atoms with E-state index in [0.29, 0.717) is 5.56 Å². The van der Waals surface area contributed by atoms with Gasteiger partial charge in [0.15, 0.2) is 17.4 Å². The van der Waals surface area contributed by atoms with Gasteiger partial charge in [-0.1, -0.05) is 12.1 Å². The summed E-state index contributed by atoms with van der Waals surface area (Å²) in [5, 5.41) is 8.75. The average Bonchev–Trinajstić information content (AvgIpc) is 2.89. The van der Waals surface area contributed by atoms with Crippen molar-refractivity contribution in [3.8, 4) is 0 Å². The fourth-order valence-corrected chi connectivity index (χ4v) is 2.22. The summed E-state index contributed by atoms with van der Waals surface area (Å²) in [5.74, 6) is -3.45. The van der Waals surface area contributed by atoms with Crippen LogP contribution in [0.4, 0.5) is 8.78 Å². The molecule has 0 bridgehead atoms. The molecule has 0 atom stereocenters. The molecule has 0 spiro atoms. The minimum atomic E-state index is -1.10. The minimum Gasteiger partial charge on any atom is -0.477 e. The number of hydrogen-bond acceptors (Lipinski definition) is 3. The van der Waals surface area contributed by atoms with E-state index in [1.807, 2.05) is 0 Å². The molecule has 1 N–H and O–H groups in total. The van der Waals surface area contributed by atoms with Gasteiger partial charge >= 0.3 is 5.97 Å². The number of allylic oxidation sites excluding steroid dienone is 1. The minimum absolute atomic E-state index is 0.0644. The third kappa shape index (κ3) is 3.16. The number of ketones is 1. The first-order valence-electron chi connectivity index (χ1n) is 5.48. The highest BCUT2D eigenvalue weighted by atomic mass is 32.1. The van der Waals surface area contributed by atoms with E-state index in [9.17, 15) is 18.4 Å². The number of rotatable bonds is 4. The van der Waals surface area contributed by atoms with Crippen LogP contribution in [0.3, 0.4) is 0 Å². The molecule has 1 aromatic carbocycles. The van der Waals surface area contributed by atoms with Gasteiger partial charge < -0.3 is 5.11 Å². The van der Waals surface area contributed by atoms with E-state index in [1.54, 1.807) is 0 Å². The molecular formula is C14H8F2O3S. The van der Waals surface area contributed by atoms with Crippen LogP contribution >= 0.6 is 11.3 Å². The van der Waals surface area contributed by atoms with Crippen molar-refractivity contribution in [2.75, 3.05) is 0 Å². The van der Waals surface area contributed by atoms with Crippen molar-refractivity contribution in [3.05, 3.63) is 63.4 Å². The molecule has 0 amide bonds. The largest absolute Gasteiger partial charge is 0.477 e. The number of carbonyl (C=O) groups excluding carboxylic acids is 1. The summed E-state index contributed by atoms with van der Waals surface area (Å²) >= 11 is 0.855. The number of carboxylic acid groups (broad SMARTS) is 1. The first-order valence-corrected chi connectivity index (χ1v) is 6.29. The molecule has 1 heterocycles. The number of carboxylic acids is 1. The molecule has 20 heavy (non-hydrogen) atoms. The highest BCUT2D eigenvalue weighted by Gasteiger charge is 2.10. The molecule has 0 saturated carbocycles. The zero-order chi connectivity index (χ0) is 14.7. The SMILES string of the molecule is O=C(O)c1ccc(C(=O)/C=C/c2ccc(F)c(F)c2)s1. The van der Waals surface area contributed by atoms with Crippen LogP contribution in [0.15, 0.2) is 36.4 Å². The van der Waals surface area contributed by atoms with Gasteiger partial charge in [-0.05, 0) is 35.9 Å². The molecule has 2 rings (SSSR count). The fraction of sp³-hybridized carbons (Fsp3) is 0. The van der Waals surface area contributed by atoms with E-state index in [0.717, 1.165) is 23.5 Å². The van der Waals surface area contributed by atoms with Crippen LogP contribution in [-0.4, -0.2) is 16.9 Å². The number of aromatic carboxylic acids is 1. The topological polar surface area (TPSA) is 54.4 Å². The van der Waals surface area contributed by atoms with Gasteiger partial charge in [-0.15, -0.1) is 11.3 Å². The Morgan fingerprint density at radius 1 is 1.05 bits per heavy atom. The lowest BCUT2D eigenvalue weighted by molar-refractivity contribution is 0.0702. The molecule has 0 aliphatic carbocycles. The van der Waals surface area contributed by atoms with Crippen LogP contribution in [0.1, 0.15) is 24.9 Å². The molecule has 0 aliphatic heterocycles. The van der Waals surface area contributed by atoms with Crippen LogP contribution in [0.2, 0.25) is 0 Å². The summed E-state index contributed by atoms with van der Waals surface area (Å²) < 4.78 is 25.7. The van der Waals surface area contributed by atoms with E-state index >= 15 is 0 Å². The number of benzene rings is 1. The Morgan fingerprint density at radius 2 is 1.75 bits per heavy atom. The molecule has 102 valence electrons. The van der Waals surface area contributed by atoms with Gasteiger partial charge in [0, 0.05) is 0 Å². The Hall–Kier alpha value is -2.34. The van der Waals surface area contributed by atoms with E-state index in [1.165, 1.54) is 30.4 Å². The zero-order valence-electron chi connectivity index (χ0n) is 9.97. The molecule has 3 nitrogen and oxygen atoms in total. The molecule has 0 aliphatic rings. The first kappa shape index (κ1) is 14.1. The predicted molar refractivity (Wildman–Crippen MR) is 71.0 cm³/mol. The van der Waals surface area contributed by atoms with Crippen LogP contribution < -0.4 is 0 Å². The maximum Gasteiger partial charge on any atom is 0.345 e. The zero-order valence-corrected chi connectivity index (χ0v) is 10.8. The predicted octanol–water partition coefficient (Wildman–Crippen LogP) is 3.62. The number of thiophene rings is 1. The van der Waals surface area contributed by atoms with Gasteiger partial charge in [0.25, 0.3) is 0 Å². The second-order valence-corrected chi connectivity index (χ2v) is 4.92. The molecule has 1 aromatic heterocycles. The molecule has 0 fully saturated rings. The number of hydrogen-bond donors (Lipinski definition) is 1. The van der Waals surface area contributed by atoms with Crippen molar-refractivity contribution in [2.45, 2.75) is 0 Å². The smallest absolute Gasteiger partial charge is 0.345 e. The highest BCUT2D eigenvalue weighted by Crippen LogP contribution is 2.18. The van der Waals surface area contributed by atoms with E-state index in [-0.39, 0.29) is 9.75 Å². The van der Waals surface area contributed by atoms with E-state index in [2.05, 4.69) is 0 Å². The molecule has 2 aromatic rings. The Labute approximate surface area is 116 Å². The van der Waals surface area contributed by atoms with Crippen molar-refractivity contribution in [2.24, 2.45) is 0 Å². The molecule has 0 unspecified atom stereocenters. The quantitative estimate of drug-likeness (QED) is 0.692. The maximum absolute atomic E-state index is 13.0. The summed E-state index contributed by atoms with van der Waals surface area (Å²) in [6.07, 6.45) is 2.52. The third-order valence-electron chi connectivity index (χ3n) is 2.43. The summed E-state index contributed by atoms with van der Waals surface area (Å²) in [7, 11) is 0. The van der Waals surface area contributed by atoms with Crippen LogP contribution in [0.25, 0.3) is 6.08 Å². The second kappa shape index (κ2) is 5.75. The van der Waals surface area contributed by atoms with Crippen molar-refractivity contribution in [1.29, 1.82) is 0 Å². The van der Waals surface area contributed by atoms with Crippen molar-refractivity contribution in [3.63, 3.8) is 0 Å². The average molecular weight is 294 g/mol. The number of carbonyl (C=O) groups is 2. The summed E-state index contributed by atoms with van der Waals surface area (Å²) in [5.41, 5.74) is 0.340. The van der Waals surface area contributed by atoms with Gasteiger partial charge in [0.1, 0.15) is 4.88 Å². The standard InChI is InChI=1S/C14H8F2O3S/c15-9-3-1-8(7-10(9)16)2-4-11(17)12-5-6-13(20-12)14(18)19/h1-7H,(H,18,19)/b4-2+. The molecule has 6 heteroatoms. The highest BCUT2D eigenvalue weighted by molar-refractivity contribution is 7.16. The third-order valence-corrected chi connectivity index (χ3v) is 3.52. The normalized spacial score (nSPS) is 10.9. The van der Waals surface area contributed by atoms with Crippen LogP contribution in [-0.2, 0) is 0 Å². The van der Waals surface area contributed by atoms with Crippen molar-refractivity contribution in [1.82, 2.24) is 0 Å². The van der Waals surface area contributed by atoms with Gasteiger partial charge in [-0.25, -0.2) is 13.6 Å². The summed E-state index contributed by atoms with van der Waals surface area (Å²) in [6, 6.07) is 6.01. The van der Waals surface area contributed by atoms with Crippen molar-refractivity contribution < 1.29 is 23.5 Å². The lowest BCUT2D eigenvalue weighted by Gasteiger charge is -1.95. The van der Waals surface area contributed by atoms with Crippen LogP contribution in [0.5, 0.6) is 0 Å². The lowest BCUT2D eigenvalue weighted by atomic mass is 10.2. The van der Waals surface area contributed by atoms with Gasteiger partial charge in [-0.3, -0.25) is 4.79 Å². The summed E-state index contributed by atoms with van der Waals surface area (Å²) in [6.45, 7) is 0. The monoisotopic (exact) mass is 294 g/mol. The van der Waals surface area contributed by atoms with Crippen molar-refractivity contribution >= 4 is 29.2 Å². The van der Waals surface area contributed by atoms with E-state index in [4.69, 9.17) is 5.11 Å². The van der Waals surface area contributed by atoms with Crippen LogP contribution in [0, 0.1) is 11.6 Å². The van der Waals surface area contributed by atoms with E-state index < -0.39 is 23.4 Å². The first-order chi connectivity index (χ1) is 9.47. The molecular weight excluding hydrogens is 286 g/mol. The molecule has 0 saturated heterocycles. The summed E-state index contributed by atoms with van der Waals surface area (Å²) in [4.78, 5) is 22.8.